The molecule has 0 aliphatic heterocycles. The minimum atomic E-state index is -0.0913. The standard InChI is InChI=1S/C28H36FN3/c1-3-18-12-20(13-18)27-23-15-25(31)21(16-30)14-26(23)32(22-9-10-24(29)17(2)11-22)28(27)19-7-5-4-6-8-19/h10-11,14-16,18-20,22,30H,3-9,12-13,31H2,1-2H3. The molecule has 3 aliphatic rings. The van der Waals surface area contributed by atoms with Gasteiger partial charge < -0.3 is 15.7 Å². The molecule has 0 radical (unpaired) electrons. The summed E-state index contributed by atoms with van der Waals surface area (Å²) < 4.78 is 16.7. The fourth-order valence-corrected chi connectivity index (χ4v) is 6.44. The third kappa shape index (κ3) is 3.52. The highest BCUT2D eigenvalue weighted by Crippen LogP contribution is 2.52. The fourth-order valence-electron chi connectivity index (χ4n) is 6.44. The number of nitrogens with two attached hydrogens (primary N) is 1. The van der Waals surface area contributed by atoms with Gasteiger partial charge in [-0.2, -0.15) is 0 Å². The number of rotatable bonds is 5. The van der Waals surface area contributed by atoms with E-state index >= 15 is 0 Å². The normalized spacial score (nSPS) is 26.5. The number of anilines is 1. The van der Waals surface area contributed by atoms with Crippen LogP contribution in [0.5, 0.6) is 0 Å². The highest BCUT2D eigenvalue weighted by atomic mass is 19.1. The van der Waals surface area contributed by atoms with Gasteiger partial charge in [0.1, 0.15) is 5.83 Å². The van der Waals surface area contributed by atoms with E-state index in [1.165, 1.54) is 79.7 Å². The fraction of sp³-hybridized carbons (Fsp3) is 0.536. The van der Waals surface area contributed by atoms with E-state index in [9.17, 15) is 4.39 Å². The first-order valence-corrected chi connectivity index (χ1v) is 12.5. The van der Waals surface area contributed by atoms with Crippen LogP contribution in [0.1, 0.15) is 106 Å². The predicted molar refractivity (Wildman–Crippen MR) is 132 cm³/mol. The molecule has 2 saturated carbocycles. The van der Waals surface area contributed by atoms with Crippen molar-refractivity contribution in [3.63, 3.8) is 0 Å². The highest BCUT2D eigenvalue weighted by Gasteiger charge is 2.37. The molecule has 1 aromatic heterocycles. The molecule has 1 atom stereocenters. The molecule has 0 amide bonds. The number of benzene rings is 1. The number of nitrogens with one attached hydrogen (secondary N) is 1. The minimum absolute atomic E-state index is 0.0913. The first-order chi connectivity index (χ1) is 15.5. The summed E-state index contributed by atoms with van der Waals surface area (Å²) in [5, 5.41) is 9.16. The molecular weight excluding hydrogens is 397 g/mol. The van der Waals surface area contributed by atoms with Crippen LogP contribution < -0.4 is 5.73 Å². The van der Waals surface area contributed by atoms with Crippen molar-refractivity contribution < 1.29 is 4.39 Å². The van der Waals surface area contributed by atoms with Crippen molar-refractivity contribution in [2.75, 3.05) is 5.73 Å². The Hall–Kier alpha value is -2.36. The molecule has 1 aromatic carbocycles. The van der Waals surface area contributed by atoms with Crippen molar-refractivity contribution in [3.8, 4) is 0 Å². The molecule has 2 fully saturated rings. The van der Waals surface area contributed by atoms with E-state index in [-0.39, 0.29) is 11.9 Å². The van der Waals surface area contributed by atoms with Crippen molar-refractivity contribution in [2.45, 2.75) is 89.5 Å². The zero-order valence-electron chi connectivity index (χ0n) is 19.5. The minimum Gasteiger partial charge on any atom is -0.398 e. The Morgan fingerprint density at radius 3 is 2.56 bits per heavy atom. The maximum Gasteiger partial charge on any atom is 0.121 e. The second-order valence-electron chi connectivity index (χ2n) is 10.3. The second kappa shape index (κ2) is 8.53. The topological polar surface area (TPSA) is 54.8 Å². The zero-order valence-corrected chi connectivity index (χ0v) is 19.5. The zero-order chi connectivity index (χ0) is 22.4. The average molecular weight is 434 g/mol. The Labute approximate surface area is 191 Å². The van der Waals surface area contributed by atoms with Gasteiger partial charge in [0.2, 0.25) is 0 Å². The van der Waals surface area contributed by atoms with Crippen molar-refractivity contribution in [2.24, 2.45) is 5.92 Å². The number of fused-ring (bicyclic) bond motifs is 1. The molecular formula is C28H36FN3. The third-order valence-corrected chi connectivity index (χ3v) is 8.34. The summed E-state index contributed by atoms with van der Waals surface area (Å²) in [7, 11) is 0. The Kier molecular flexibility index (Phi) is 5.73. The van der Waals surface area contributed by atoms with E-state index in [0.717, 1.165) is 17.1 Å². The van der Waals surface area contributed by atoms with Crippen LogP contribution in [0.3, 0.4) is 0 Å². The van der Waals surface area contributed by atoms with Gasteiger partial charge >= 0.3 is 0 Å². The second-order valence-corrected chi connectivity index (χ2v) is 10.3. The maximum absolute atomic E-state index is 14.2. The lowest BCUT2D eigenvalue weighted by atomic mass is 9.68. The van der Waals surface area contributed by atoms with E-state index in [4.69, 9.17) is 11.1 Å². The van der Waals surface area contributed by atoms with E-state index in [1.54, 1.807) is 6.08 Å². The summed E-state index contributed by atoms with van der Waals surface area (Å²) in [5.41, 5.74) is 12.8. The van der Waals surface area contributed by atoms with Crippen LogP contribution >= 0.6 is 0 Å². The number of allylic oxidation sites excluding steroid dienone is 4. The molecule has 0 bridgehead atoms. The molecule has 32 heavy (non-hydrogen) atoms. The van der Waals surface area contributed by atoms with Crippen molar-refractivity contribution in [3.05, 3.63) is 52.5 Å². The van der Waals surface area contributed by atoms with Crippen molar-refractivity contribution in [1.29, 1.82) is 5.41 Å². The largest absolute Gasteiger partial charge is 0.398 e. The molecule has 1 unspecified atom stereocenters. The molecule has 4 heteroatoms. The Balaban J connectivity index is 1.76. The van der Waals surface area contributed by atoms with Gasteiger partial charge in [0.05, 0.1) is 6.04 Å². The third-order valence-electron chi connectivity index (χ3n) is 8.34. The van der Waals surface area contributed by atoms with Crippen LogP contribution in [0.4, 0.5) is 10.1 Å². The van der Waals surface area contributed by atoms with Gasteiger partial charge in [0.15, 0.2) is 0 Å². The van der Waals surface area contributed by atoms with Crippen molar-refractivity contribution >= 4 is 22.8 Å². The SMILES string of the molecule is CCC1CC(c2c(C3CCCCC3)n(C3C=C(C)C(F)=CC3)c3cc(C=N)c(N)cc23)C1. The summed E-state index contributed by atoms with van der Waals surface area (Å²) in [6, 6.07) is 4.36. The van der Waals surface area contributed by atoms with Gasteiger partial charge in [-0.1, -0.05) is 38.7 Å². The highest BCUT2D eigenvalue weighted by molar-refractivity contribution is 5.97. The van der Waals surface area contributed by atoms with Gasteiger partial charge in [0, 0.05) is 34.1 Å². The number of halogens is 1. The number of hydrogen-bond donors (Lipinski definition) is 2. The van der Waals surface area contributed by atoms with Gasteiger partial charge in [0.25, 0.3) is 0 Å². The average Bonchev–Trinajstić information content (AvgIpc) is 3.08. The Morgan fingerprint density at radius 2 is 1.91 bits per heavy atom. The quantitative estimate of drug-likeness (QED) is 0.365. The van der Waals surface area contributed by atoms with E-state index in [0.29, 0.717) is 23.9 Å². The first-order valence-electron chi connectivity index (χ1n) is 12.5. The summed E-state index contributed by atoms with van der Waals surface area (Å²) in [4.78, 5) is 0. The monoisotopic (exact) mass is 433 g/mol. The van der Waals surface area contributed by atoms with E-state index in [2.05, 4.69) is 29.7 Å². The lowest BCUT2D eigenvalue weighted by molar-refractivity contribution is 0.254. The van der Waals surface area contributed by atoms with Crippen LogP contribution in [0.2, 0.25) is 0 Å². The summed E-state index contributed by atoms with van der Waals surface area (Å²) in [6.45, 7) is 4.18. The maximum atomic E-state index is 14.2. The van der Waals surface area contributed by atoms with Gasteiger partial charge in [-0.15, -0.1) is 0 Å². The summed E-state index contributed by atoms with van der Waals surface area (Å²) >= 11 is 0. The number of nitrogens with zero attached hydrogens (tertiary/aromatic N) is 1. The molecule has 3 nitrogen and oxygen atoms in total. The van der Waals surface area contributed by atoms with Crippen LogP contribution in [-0.2, 0) is 0 Å². The number of nitrogen functional groups attached to an aromatic ring is 1. The molecule has 2 aromatic rings. The van der Waals surface area contributed by atoms with Crippen molar-refractivity contribution in [1.82, 2.24) is 4.57 Å². The van der Waals surface area contributed by atoms with E-state index in [1.807, 2.05) is 6.92 Å². The van der Waals surface area contributed by atoms with Crippen LogP contribution in [0, 0.1) is 11.3 Å². The lowest BCUT2D eigenvalue weighted by Gasteiger charge is -2.37. The Morgan fingerprint density at radius 1 is 1.16 bits per heavy atom. The van der Waals surface area contributed by atoms with Crippen LogP contribution in [0.15, 0.2) is 35.7 Å². The molecule has 5 rings (SSSR count). The van der Waals surface area contributed by atoms with Gasteiger partial charge in [-0.25, -0.2) is 4.39 Å². The number of aromatic nitrogens is 1. The number of hydrogen-bond acceptors (Lipinski definition) is 2. The molecule has 170 valence electrons. The Bertz CT molecular complexity index is 1090. The molecule has 3 N–H and O–H groups in total. The molecule has 0 saturated heterocycles. The van der Waals surface area contributed by atoms with E-state index < -0.39 is 0 Å². The molecule has 3 aliphatic carbocycles. The molecule has 1 heterocycles. The smallest absolute Gasteiger partial charge is 0.121 e. The predicted octanol–water partition coefficient (Wildman–Crippen LogP) is 7.92. The molecule has 0 spiro atoms. The van der Waals surface area contributed by atoms with Crippen LogP contribution in [0.25, 0.3) is 10.9 Å². The van der Waals surface area contributed by atoms with Gasteiger partial charge in [-0.05, 0) is 86.1 Å². The summed E-state index contributed by atoms with van der Waals surface area (Å²) in [6.07, 6.45) is 16.1. The summed E-state index contributed by atoms with van der Waals surface area (Å²) in [5.74, 6) is 1.88. The first kappa shape index (κ1) is 21.5. The van der Waals surface area contributed by atoms with Crippen LogP contribution in [-0.4, -0.2) is 10.8 Å². The van der Waals surface area contributed by atoms with Gasteiger partial charge in [-0.3, -0.25) is 0 Å². The lowest BCUT2D eigenvalue weighted by Crippen LogP contribution is -2.24.